The van der Waals surface area contributed by atoms with Crippen molar-refractivity contribution in [3.63, 3.8) is 0 Å². The number of aliphatic imine (C=N–C) groups is 1. The molecule has 1 saturated heterocycles. The van der Waals surface area contributed by atoms with E-state index in [-0.39, 0.29) is 30.1 Å². The summed E-state index contributed by atoms with van der Waals surface area (Å²) in [5.41, 5.74) is 1.28. The molecule has 1 unspecified atom stereocenters. The predicted octanol–water partition coefficient (Wildman–Crippen LogP) is 2.61. The van der Waals surface area contributed by atoms with Crippen LogP contribution in [0.15, 0.2) is 29.3 Å². The van der Waals surface area contributed by atoms with Gasteiger partial charge in [-0.25, -0.2) is 0 Å². The molecule has 27 heavy (non-hydrogen) atoms. The SMILES string of the molecule is CN=C(NCCCOCC1CCOCC1)NCC1Cc2ccccc2O1.I. The lowest BCUT2D eigenvalue weighted by atomic mass is 10.0. The molecule has 152 valence electrons. The number of ether oxygens (including phenoxy) is 3. The van der Waals surface area contributed by atoms with Gasteiger partial charge >= 0.3 is 0 Å². The van der Waals surface area contributed by atoms with Gasteiger partial charge < -0.3 is 24.8 Å². The van der Waals surface area contributed by atoms with E-state index in [9.17, 15) is 0 Å². The molecule has 2 N–H and O–H groups in total. The molecule has 0 spiro atoms. The van der Waals surface area contributed by atoms with Crippen LogP contribution in [0.25, 0.3) is 0 Å². The first kappa shape index (κ1) is 22.2. The Labute approximate surface area is 179 Å². The number of hydrogen-bond donors (Lipinski definition) is 2. The van der Waals surface area contributed by atoms with Gasteiger partial charge in [-0.3, -0.25) is 4.99 Å². The highest BCUT2D eigenvalue weighted by molar-refractivity contribution is 14.0. The Kier molecular flexibility index (Phi) is 10.2. The summed E-state index contributed by atoms with van der Waals surface area (Å²) < 4.78 is 17.1. The Morgan fingerprint density at radius 1 is 1.22 bits per heavy atom. The zero-order valence-corrected chi connectivity index (χ0v) is 18.4. The number of hydrogen-bond acceptors (Lipinski definition) is 4. The summed E-state index contributed by atoms with van der Waals surface area (Å²) >= 11 is 0. The molecule has 0 radical (unpaired) electrons. The molecule has 2 heterocycles. The molecular formula is C20H32IN3O3. The zero-order valence-electron chi connectivity index (χ0n) is 16.1. The minimum atomic E-state index is 0. The zero-order chi connectivity index (χ0) is 18.0. The lowest BCUT2D eigenvalue weighted by Crippen LogP contribution is -2.42. The first-order chi connectivity index (χ1) is 12.8. The van der Waals surface area contributed by atoms with Crippen molar-refractivity contribution < 1.29 is 14.2 Å². The van der Waals surface area contributed by atoms with Gasteiger partial charge in [0.25, 0.3) is 0 Å². The molecule has 1 aromatic rings. The standard InChI is InChI=1S/C20H31N3O3.HI/c1-21-20(22-9-4-10-25-15-16-7-11-24-12-8-16)23-14-18-13-17-5-2-3-6-19(17)26-18;/h2-3,5-6,16,18H,4,7-15H2,1H3,(H2,21,22,23);1H. The maximum Gasteiger partial charge on any atom is 0.191 e. The monoisotopic (exact) mass is 489 g/mol. The van der Waals surface area contributed by atoms with E-state index in [0.29, 0.717) is 5.92 Å². The third kappa shape index (κ3) is 7.46. The number of nitrogens with zero attached hydrogens (tertiary/aromatic N) is 1. The normalized spacial score (nSPS) is 19.7. The van der Waals surface area contributed by atoms with E-state index in [2.05, 4.69) is 27.8 Å². The van der Waals surface area contributed by atoms with E-state index in [4.69, 9.17) is 14.2 Å². The third-order valence-corrected chi connectivity index (χ3v) is 4.89. The first-order valence-electron chi connectivity index (χ1n) is 9.69. The van der Waals surface area contributed by atoms with Crippen LogP contribution in [0, 0.1) is 5.92 Å². The van der Waals surface area contributed by atoms with Crippen LogP contribution >= 0.6 is 24.0 Å². The Hall–Kier alpha value is -1.06. The molecule has 1 atom stereocenters. The summed E-state index contributed by atoms with van der Waals surface area (Å²) in [5, 5.41) is 6.68. The van der Waals surface area contributed by atoms with Crippen LogP contribution in [0.5, 0.6) is 5.75 Å². The highest BCUT2D eigenvalue weighted by atomic mass is 127. The summed E-state index contributed by atoms with van der Waals surface area (Å²) in [6, 6.07) is 8.23. The van der Waals surface area contributed by atoms with Crippen molar-refractivity contribution in [1.29, 1.82) is 0 Å². The average molecular weight is 489 g/mol. The smallest absolute Gasteiger partial charge is 0.191 e. The Morgan fingerprint density at radius 2 is 2.04 bits per heavy atom. The molecule has 0 saturated carbocycles. The average Bonchev–Trinajstić information content (AvgIpc) is 3.10. The van der Waals surface area contributed by atoms with Gasteiger partial charge in [0.15, 0.2) is 5.96 Å². The number of para-hydroxylation sites is 1. The fraction of sp³-hybridized carbons (Fsp3) is 0.650. The van der Waals surface area contributed by atoms with Crippen molar-refractivity contribution >= 4 is 29.9 Å². The molecule has 1 aromatic carbocycles. The highest BCUT2D eigenvalue weighted by Crippen LogP contribution is 2.27. The van der Waals surface area contributed by atoms with Crippen molar-refractivity contribution in [2.24, 2.45) is 10.9 Å². The highest BCUT2D eigenvalue weighted by Gasteiger charge is 2.22. The number of fused-ring (bicyclic) bond motifs is 1. The van der Waals surface area contributed by atoms with Gasteiger partial charge in [0, 0.05) is 46.4 Å². The van der Waals surface area contributed by atoms with Crippen LogP contribution < -0.4 is 15.4 Å². The van der Waals surface area contributed by atoms with Gasteiger partial charge in [0.05, 0.1) is 6.54 Å². The van der Waals surface area contributed by atoms with Crippen molar-refractivity contribution in [1.82, 2.24) is 10.6 Å². The first-order valence-corrected chi connectivity index (χ1v) is 9.69. The Morgan fingerprint density at radius 3 is 2.81 bits per heavy atom. The minimum Gasteiger partial charge on any atom is -0.488 e. The van der Waals surface area contributed by atoms with Crippen molar-refractivity contribution in [2.75, 3.05) is 46.6 Å². The van der Waals surface area contributed by atoms with Gasteiger partial charge in [0.2, 0.25) is 0 Å². The quantitative estimate of drug-likeness (QED) is 0.255. The molecule has 0 amide bonds. The lowest BCUT2D eigenvalue weighted by molar-refractivity contribution is 0.0203. The molecular weight excluding hydrogens is 457 g/mol. The summed E-state index contributed by atoms with van der Waals surface area (Å²) in [7, 11) is 1.79. The van der Waals surface area contributed by atoms with E-state index in [1.807, 2.05) is 12.1 Å². The van der Waals surface area contributed by atoms with E-state index in [0.717, 1.165) is 76.9 Å². The fourth-order valence-electron chi connectivity index (χ4n) is 3.34. The minimum absolute atomic E-state index is 0. The molecule has 0 aromatic heterocycles. The maximum absolute atomic E-state index is 5.94. The van der Waals surface area contributed by atoms with Crippen LogP contribution in [-0.2, 0) is 15.9 Å². The van der Waals surface area contributed by atoms with E-state index >= 15 is 0 Å². The number of nitrogens with one attached hydrogen (secondary N) is 2. The Bertz CT molecular complexity index is 554. The summed E-state index contributed by atoms with van der Waals surface area (Å²) in [6.07, 6.45) is 4.33. The molecule has 7 heteroatoms. The molecule has 2 aliphatic heterocycles. The molecule has 2 aliphatic rings. The van der Waals surface area contributed by atoms with Crippen molar-refractivity contribution in [3.8, 4) is 5.75 Å². The maximum atomic E-state index is 5.94. The summed E-state index contributed by atoms with van der Waals surface area (Å²) in [5.74, 6) is 2.49. The lowest BCUT2D eigenvalue weighted by Gasteiger charge is -2.21. The van der Waals surface area contributed by atoms with E-state index < -0.39 is 0 Å². The number of guanidine groups is 1. The molecule has 1 fully saturated rings. The van der Waals surface area contributed by atoms with Crippen molar-refractivity contribution in [3.05, 3.63) is 29.8 Å². The van der Waals surface area contributed by atoms with Crippen LogP contribution in [0.1, 0.15) is 24.8 Å². The van der Waals surface area contributed by atoms with Gasteiger partial charge in [0.1, 0.15) is 11.9 Å². The van der Waals surface area contributed by atoms with Gasteiger partial charge in [-0.2, -0.15) is 0 Å². The number of halogens is 1. The second-order valence-electron chi connectivity index (χ2n) is 6.92. The topological polar surface area (TPSA) is 64.1 Å². The van der Waals surface area contributed by atoms with Gasteiger partial charge in [-0.1, -0.05) is 18.2 Å². The second kappa shape index (κ2) is 12.4. The van der Waals surface area contributed by atoms with Crippen LogP contribution in [0.3, 0.4) is 0 Å². The van der Waals surface area contributed by atoms with Crippen LogP contribution in [0.2, 0.25) is 0 Å². The Balaban J connectivity index is 0.00000261. The van der Waals surface area contributed by atoms with E-state index in [1.165, 1.54) is 5.56 Å². The molecule has 3 rings (SSSR count). The van der Waals surface area contributed by atoms with Crippen LogP contribution in [0.4, 0.5) is 0 Å². The summed E-state index contributed by atoms with van der Waals surface area (Å²) in [6.45, 7) is 4.99. The predicted molar refractivity (Wildman–Crippen MR) is 118 cm³/mol. The van der Waals surface area contributed by atoms with Crippen LogP contribution in [-0.4, -0.2) is 58.6 Å². The number of rotatable bonds is 8. The van der Waals surface area contributed by atoms with E-state index in [1.54, 1.807) is 7.05 Å². The summed E-state index contributed by atoms with van der Waals surface area (Å²) in [4.78, 5) is 4.27. The number of benzene rings is 1. The fourth-order valence-corrected chi connectivity index (χ4v) is 3.34. The van der Waals surface area contributed by atoms with Gasteiger partial charge in [-0.05, 0) is 36.8 Å². The molecule has 6 nitrogen and oxygen atoms in total. The largest absolute Gasteiger partial charge is 0.488 e. The van der Waals surface area contributed by atoms with Gasteiger partial charge in [-0.15, -0.1) is 24.0 Å². The third-order valence-electron chi connectivity index (χ3n) is 4.89. The second-order valence-corrected chi connectivity index (χ2v) is 6.92. The van der Waals surface area contributed by atoms with Crippen molar-refractivity contribution in [2.45, 2.75) is 31.8 Å². The molecule has 0 bridgehead atoms. The molecule has 0 aliphatic carbocycles.